The minimum Gasteiger partial charge on any atom is -0.492 e. The van der Waals surface area contributed by atoms with Crippen molar-refractivity contribution in [2.24, 2.45) is 0 Å². The number of carbonyl (C=O) groups is 1. The third-order valence-electron chi connectivity index (χ3n) is 2.35. The number of amides is 1. The first-order valence-electron chi connectivity index (χ1n) is 6.04. The van der Waals surface area contributed by atoms with E-state index in [9.17, 15) is 4.79 Å². The van der Waals surface area contributed by atoms with E-state index in [4.69, 9.17) is 16.3 Å². The van der Waals surface area contributed by atoms with Crippen LogP contribution >= 0.6 is 11.6 Å². The Bertz CT molecular complexity index is 397. The summed E-state index contributed by atoms with van der Waals surface area (Å²) in [5.74, 6) is 0.584. The molecule has 2 N–H and O–H groups in total. The van der Waals surface area contributed by atoms with Crippen molar-refractivity contribution >= 4 is 23.2 Å². The number of rotatable bonds is 7. The molecule has 0 fully saturated rings. The fourth-order valence-electron chi connectivity index (χ4n) is 1.51. The van der Waals surface area contributed by atoms with Gasteiger partial charge in [0.25, 0.3) is 0 Å². The Morgan fingerprint density at radius 3 is 2.89 bits per heavy atom. The van der Waals surface area contributed by atoms with E-state index in [2.05, 4.69) is 10.6 Å². The standard InChI is InChI=1S/C13H19ClN2O2/c1-3-18-12-9-10(14)6-7-11(12)16-13(17)5-4-8-15-2/h6-7,9,15H,3-5,8H2,1-2H3,(H,16,17). The molecule has 1 amide bonds. The summed E-state index contributed by atoms with van der Waals surface area (Å²) in [4.78, 5) is 11.7. The minimum absolute atomic E-state index is 0.0199. The fourth-order valence-corrected chi connectivity index (χ4v) is 1.67. The van der Waals surface area contributed by atoms with Crippen LogP contribution in [-0.2, 0) is 4.79 Å². The quantitative estimate of drug-likeness (QED) is 0.749. The molecular formula is C13H19ClN2O2. The van der Waals surface area contributed by atoms with Gasteiger partial charge >= 0.3 is 0 Å². The lowest BCUT2D eigenvalue weighted by molar-refractivity contribution is -0.116. The third-order valence-corrected chi connectivity index (χ3v) is 2.58. The maximum Gasteiger partial charge on any atom is 0.224 e. The lowest BCUT2D eigenvalue weighted by Crippen LogP contribution is -2.15. The number of halogens is 1. The number of ether oxygens (including phenoxy) is 1. The van der Waals surface area contributed by atoms with Crippen molar-refractivity contribution in [1.82, 2.24) is 5.32 Å². The van der Waals surface area contributed by atoms with Crippen LogP contribution in [0.1, 0.15) is 19.8 Å². The van der Waals surface area contributed by atoms with Crippen LogP contribution in [0.4, 0.5) is 5.69 Å². The second-order valence-corrected chi connectivity index (χ2v) is 4.27. The van der Waals surface area contributed by atoms with Crippen molar-refractivity contribution in [2.45, 2.75) is 19.8 Å². The molecule has 0 aliphatic carbocycles. The largest absolute Gasteiger partial charge is 0.492 e. The fraction of sp³-hybridized carbons (Fsp3) is 0.462. The van der Waals surface area contributed by atoms with Crippen LogP contribution in [0.3, 0.4) is 0 Å². The molecule has 4 nitrogen and oxygen atoms in total. The molecule has 0 heterocycles. The summed E-state index contributed by atoms with van der Waals surface area (Å²) in [5.41, 5.74) is 0.663. The zero-order valence-electron chi connectivity index (χ0n) is 10.8. The number of hydrogen-bond acceptors (Lipinski definition) is 3. The Kier molecular flexibility index (Phi) is 6.54. The van der Waals surface area contributed by atoms with Crippen molar-refractivity contribution in [1.29, 1.82) is 0 Å². The predicted octanol–water partition coefficient (Wildman–Crippen LogP) is 2.68. The first-order chi connectivity index (χ1) is 8.67. The molecule has 0 unspecified atom stereocenters. The molecule has 5 heteroatoms. The molecule has 18 heavy (non-hydrogen) atoms. The van der Waals surface area contributed by atoms with E-state index in [1.807, 2.05) is 14.0 Å². The summed E-state index contributed by atoms with van der Waals surface area (Å²) in [6.07, 6.45) is 1.29. The van der Waals surface area contributed by atoms with E-state index in [0.717, 1.165) is 13.0 Å². The molecule has 1 aromatic rings. The summed E-state index contributed by atoms with van der Waals surface area (Å²) in [5, 5.41) is 6.42. The van der Waals surface area contributed by atoms with Crippen LogP contribution in [0, 0.1) is 0 Å². The number of benzene rings is 1. The van der Waals surface area contributed by atoms with Gasteiger partial charge in [0.2, 0.25) is 5.91 Å². The lowest BCUT2D eigenvalue weighted by atomic mass is 10.2. The normalized spacial score (nSPS) is 10.2. The number of anilines is 1. The van der Waals surface area contributed by atoms with Gasteiger partial charge in [0.1, 0.15) is 5.75 Å². The van der Waals surface area contributed by atoms with Gasteiger partial charge in [0.05, 0.1) is 12.3 Å². The van der Waals surface area contributed by atoms with Crippen LogP contribution in [0.25, 0.3) is 0 Å². The van der Waals surface area contributed by atoms with Gasteiger partial charge in [-0.15, -0.1) is 0 Å². The topological polar surface area (TPSA) is 50.4 Å². The molecule has 0 atom stereocenters. The van der Waals surface area contributed by atoms with Crippen molar-refractivity contribution < 1.29 is 9.53 Å². The summed E-state index contributed by atoms with van der Waals surface area (Å²) >= 11 is 5.89. The Hall–Kier alpha value is -1.26. The Morgan fingerprint density at radius 2 is 2.22 bits per heavy atom. The molecule has 1 aromatic carbocycles. The Balaban J connectivity index is 2.62. The van der Waals surface area contributed by atoms with E-state index in [0.29, 0.717) is 29.5 Å². The average molecular weight is 271 g/mol. The zero-order chi connectivity index (χ0) is 13.4. The van der Waals surface area contributed by atoms with Gasteiger partial charge in [0.15, 0.2) is 0 Å². The second kappa shape index (κ2) is 7.95. The predicted molar refractivity (Wildman–Crippen MR) is 74.4 cm³/mol. The number of nitrogens with one attached hydrogen (secondary N) is 2. The highest BCUT2D eigenvalue weighted by Crippen LogP contribution is 2.28. The summed E-state index contributed by atoms with van der Waals surface area (Å²) in [6.45, 7) is 3.24. The van der Waals surface area contributed by atoms with E-state index >= 15 is 0 Å². The third kappa shape index (κ3) is 4.94. The molecule has 100 valence electrons. The highest BCUT2D eigenvalue weighted by atomic mass is 35.5. The van der Waals surface area contributed by atoms with E-state index in [-0.39, 0.29) is 5.91 Å². The molecule has 0 aromatic heterocycles. The highest BCUT2D eigenvalue weighted by molar-refractivity contribution is 6.30. The van der Waals surface area contributed by atoms with E-state index in [1.54, 1.807) is 18.2 Å². The number of carbonyl (C=O) groups excluding carboxylic acids is 1. The molecule has 0 radical (unpaired) electrons. The minimum atomic E-state index is -0.0199. The highest BCUT2D eigenvalue weighted by Gasteiger charge is 2.08. The van der Waals surface area contributed by atoms with Crippen LogP contribution in [0.2, 0.25) is 5.02 Å². The smallest absolute Gasteiger partial charge is 0.224 e. The van der Waals surface area contributed by atoms with Crippen LogP contribution in [0.15, 0.2) is 18.2 Å². The van der Waals surface area contributed by atoms with Crippen LogP contribution < -0.4 is 15.4 Å². The first kappa shape index (κ1) is 14.8. The molecule has 0 spiro atoms. The Morgan fingerprint density at radius 1 is 1.44 bits per heavy atom. The molecule has 0 saturated carbocycles. The van der Waals surface area contributed by atoms with Gasteiger partial charge in [-0.2, -0.15) is 0 Å². The van der Waals surface area contributed by atoms with Crippen molar-refractivity contribution in [3.8, 4) is 5.75 Å². The van der Waals surface area contributed by atoms with Crippen LogP contribution in [-0.4, -0.2) is 26.1 Å². The van der Waals surface area contributed by atoms with Gasteiger partial charge in [-0.1, -0.05) is 11.6 Å². The SMILES string of the molecule is CCOc1cc(Cl)ccc1NC(=O)CCCNC. The maximum absolute atomic E-state index is 11.7. The maximum atomic E-state index is 11.7. The molecule has 0 aliphatic rings. The van der Waals surface area contributed by atoms with Gasteiger partial charge in [-0.25, -0.2) is 0 Å². The van der Waals surface area contributed by atoms with Gasteiger partial charge < -0.3 is 15.4 Å². The second-order valence-electron chi connectivity index (χ2n) is 3.83. The monoisotopic (exact) mass is 270 g/mol. The molecular weight excluding hydrogens is 252 g/mol. The molecule has 0 saturated heterocycles. The molecule has 1 rings (SSSR count). The van der Waals surface area contributed by atoms with Crippen molar-refractivity contribution in [3.05, 3.63) is 23.2 Å². The Labute approximate surface area is 113 Å². The average Bonchev–Trinajstić information content (AvgIpc) is 2.33. The van der Waals surface area contributed by atoms with Gasteiger partial charge in [-0.3, -0.25) is 4.79 Å². The van der Waals surface area contributed by atoms with Crippen LogP contribution in [0.5, 0.6) is 5.75 Å². The van der Waals surface area contributed by atoms with E-state index < -0.39 is 0 Å². The molecule has 0 bridgehead atoms. The van der Waals surface area contributed by atoms with Crippen molar-refractivity contribution in [3.63, 3.8) is 0 Å². The number of hydrogen-bond donors (Lipinski definition) is 2. The van der Waals surface area contributed by atoms with Gasteiger partial charge in [0, 0.05) is 17.5 Å². The molecule has 0 aliphatic heterocycles. The summed E-state index contributed by atoms with van der Waals surface area (Å²) < 4.78 is 5.43. The van der Waals surface area contributed by atoms with E-state index in [1.165, 1.54) is 0 Å². The zero-order valence-corrected chi connectivity index (χ0v) is 11.5. The first-order valence-corrected chi connectivity index (χ1v) is 6.42. The van der Waals surface area contributed by atoms with Gasteiger partial charge in [-0.05, 0) is 39.1 Å². The summed E-state index contributed by atoms with van der Waals surface area (Å²) in [6, 6.07) is 5.19. The lowest BCUT2D eigenvalue weighted by Gasteiger charge is -2.11. The summed E-state index contributed by atoms with van der Waals surface area (Å²) in [7, 11) is 1.87. The van der Waals surface area contributed by atoms with Crippen molar-refractivity contribution in [2.75, 3.05) is 25.5 Å².